The number of aromatic amines is 1. The van der Waals surface area contributed by atoms with E-state index in [1.165, 1.54) is 0 Å². The van der Waals surface area contributed by atoms with E-state index >= 15 is 0 Å². The predicted octanol–water partition coefficient (Wildman–Crippen LogP) is 3.39. The zero-order valence-corrected chi connectivity index (χ0v) is 15.3. The fourth-order valence-corrected chi connectivity index (χ4v) is 3.69. The van der Waals surface area contributed by atoms with Crippen molar-refractivity contribution in [2.24, 2.45) is 0 Å². The van der Waals surface area contributed by atoms with E-state index < -0.39 is 0 Å². The van der Waals surface area contributed by atoms with E-state index in [9.17, 15) is 4.79 Å². The molecule has 1 saturated heterocycles. The smallest absolute Gasteiger partial charge is 0.318 e. The van der Waals surface area contributed by atoms with Gasteiger partial charge in [0.15, 0.2) is 0 Å². The van der Waals surface area contributed by atoms with Gasteiger partial charge in [-0.3, -0.25) is 5.10 Å². The van der Waals surface area contributed by atoms with Gasteiger partial charge in [-0.2, -0.15) is 5.10 Å². The van der Waals surface area contributed by atoms with Gasteiger partial charge in [-0.1, -0.05) is 12.1 Å². The van der Waals surface area contributed by atoms with E-state index in [0.29, 0.717) is 6.54 Å². The number of nitrogens with one attached hydrogen (secondary N) is 2. The molecule has 0 radical (unpaired) electrons. The number of carbonyl (C=O) groups is 1. The molecule has 2 N–H and O–H groups in total. The molecular formula is C19H26N4O2. The van der Waals surface area contributed by atoms with Gasteiger partial charge in [0.05, 0.1) is 18.8 Å². The lowest BCUT2D eigenvalue weighted by Gasteiger charge is -2.25. The Hall–Kier alpha value is -2.50. The lowest BCUT2D eigenvalue weighted by atomic mass is 10.0. The fourth-order valence-electron chi connectivity index (χ4n) is 3.69. The van der Waals surface area contributed by atoms with Crippen molar-refractivity contribution in [2.75, 3.05) is 13.7 Å². The van der Waals surface area contributed by atoms with E-state index in [1.807, 2.05) is 43.9 Å². The molecule has 1 aliphatic rings. The number of hydrogen-bond acceptors (Lipinski definition) is 3. The van der Waals surface area contributed by atoms with Crippen molar-refractivity contribution in [3.05, 3.63) is 46.3 Å². The number of benzene rings is 1. The van der Waals surface area contributed by atoms with Gasteiger partial charge in [-0.05, 0) is 50.8 Å². The van der Waals surface area contributed by atoms with Crippen LogP contribution in [-0.4, -0.2) is 34.8 Å². The lowest BCUT2D eigenvalue weighted by molar-refractivity contribution is 0.192. The van der Waals surface area contributed by atoms with E-state index in [4.69, 9.17) is 4.74 Å². The van der Waals surface area contributed by atoms with Crippen LogP contribution in [-0.2, 0) is 6.54 Å². The summed E-state index contributed by atoms with van der Waals surface area (Å²) >= 11 is 0. The summed E-state index contributed by atoms with van der Waals surface area (Å²) in [7, 11) is 1.66. The summed E-state index contributed by atoms with van der Waals surface area (Å²) < 4.78 is 5.28. The number of ether oxygens (including phenoxy) is 1. The number of H-pyrrole nitrogens is 1. The molecule has 0 aliphatic carbocycles. The number of urea groups is 1. The highest BCUT2D eigenvalue weighted by atomic mass is 16.5. The first-order valence-corrected chi connectivity index (χ1v) is 8.70. The lowest BCUT2D eigenvalue weighted by Crippen LogP contribution is -2.39. The van der Waals surface area contributed by atoms with Crippen LogP contribution in [0.1, 0.15) is 47.0 Å². The Labute approximate surface area is 148 Å². The molecule has 1 aromatic carbocycles. The normalized spacial score (nSPS) is 17.0. The second-order valence-corrected chi connectivity index (χ2v) is 6.66. The van der Waals surface area contributed by atoms with E-state index in [1.54, 1.807) is 7.11 Å². The van der Waals surface area contributed by atoms with Gasteiger partial charge in [0.25, 0.3) is 0 Å². The van der Waals surface area contributed by atoms with Crippen molar-refractivity contribution < 1.29 is 9.53 Å². The molecule has 6 nitrogen and oxygen atoms in total. The van der Waals surface area contributed by atoms with Crippen LogP contribution in [0.4, 0.5) is 4.79 Å². The molecule has 2 aromatic rings. The van der Waals surface area contributed by atoms with Crippen LogP contribution in [0.2, 0.25) is 0 Å². The Bertz CT molecular complexity index is 749. The van der Waals surface area contributed by atoms with E-state index in [2.05, 4.69) is 15.5 Å². The van der Waals surface area contributed by atoms with Gasteiger partial charge in [0.2, 0.25) is 0 Å². The molecule has 1 atom stereocenters. The molecule has 1 aliphatic heterocycles. The summed E-state index contributed by atoms with van der Waals surface area (Å²) in [6, 6.07) is 6.06. The maximum atomic E-state index is 12.7. The quantitative estimate of drug-likeness (QED) is 0.895. The van der Waals surface area contributed by atoms with Crippen molar-refractivity contribution in [3.63, 3.8) is 0 Å². The Kier molecular flexibility index (Phi) is 4.97. The van der Waals surface area contributed by atoms with Crippen LogP contribution in [0.15, 0.2) is 18.2 Å². The molecule has 6 heteroatoms. The number of rotatable bonds is 4. The zero-order valence-electron chi connectivity index (χ0n) is 15.3. The monoisotopic (exact) mass is 342 g/mol. The molecule has 25 heavy (non-hydrogen) atoms. The second kappa shape index (κ2) is 7.17. The number of aromatic nitrogens is 2. The van der Waals surface area contributed by atoms with Gasteiger partial charge < -0.3 is 15.0 Å². The summed E-state index contributed by atoms with van der Waals surface area (Å²) in [5, 5.41) is 10.4. The standard InChI is InChI=1S/C19H26N4O2/c1-12-10-15(7-8-17(12)25-4)11-20-19(24)23-9-5-6-16(23)18-13(2)21-22-14(18)3/h7-8,10,16H,5-6,9,11H2,1-4H3,(H,20,24)(H,21,22)/t16-/m1/s1. The highest BCUT2D eigenvalue weighted by molar-refractivity contribution is 5.75. The Morgan fingerprint density at radius 1 is 1.40 bits per heavy atom. The Morgan fingerprint density at radius 2 is 2.20 bits per heavy atom. The summed E-state index contributed by atoms with van der Waals surface area (Å²) in [6.07, 6.45) is 2.00. The number of nitrogens with zero attached hydrogens (tertiary/aromatic N) is 2. The highest BCUT2D eigenvalue weighted by Gasteiger charge is 2.32. The largest absolute Gasteiger partial charge is 0.496 e. The number of hydrogen-bond donors (Lipinski definition) is 2. The number of carbonyl (C=O) groups excluding carboxylic acids is 1. The third-order valence-corrected chi connectivity index (χ3v) is 4.93. The first-order chi connectivity index (χ1) is 12.0. The van der Waals surface area contributed by atoms with E-state index in [-0.39, 0.29) is 12.1 Å². The molecule has 1 fully saturated rings. The summed E-state index contributed by atoms with van der Waals surface area (Å²) in [6.45, 7) is 7.31. The van der Waals surface area contributed by atoms with Gasteiger partial charge in [-0.15, -0.1) is 0 Å². The minimum atomic E-state index is -0.0176. The van der Waals surface area contributed by atoms with Crippen LogP contribution in [0.25, 0.3) is 0 Å². The van der Waals surface area contributed by atoms with Crippen LogP contribution in [0, 0.1) is 20.8 Å². The maximum Gasteiger partial charge on any atom is 0.318 e. The molecule has 134 valence electrons. The maximum absolute atomic E-state index is 12.7. The Balaban J connectivity index is 1.67. The number of likely N-dealkylation sites (tertiary alicyclic amines) is 1. The first-order valence-electron chi connectivity index (χ1n) is 8.70. The zero-order chi connectivity index (χ0) is 18.0. The molecular weight excluding hydrogens is 316 g/mol. The van der Waals surface area contributed by atoms with Crippen molar-refractivity contribution in [3.8, 4) is 5.75 Å². The van der Waals surface area contributed by atoms with Gasteiger partial charge >= 0.3 is 6.03 Å². The minimum Gasteiger partial charge on any atom is -0.496 e. The minimum absolute atomic E-state index is 0.0176. The predicted molar refractivity (Wildman–Crippen MR) is 96.7 cm³/mol. The van der Waals surface area contributed by atoms with Gasteiger partial charge in [-0.25, -0.2) is 4.79 Å². The van der Waals surface area contributed by atoms with Crippen LogP contribution in [0.5, 0.6) is 5.75 Å². The number of methoxy groups -OCH3 is 1. The second-order valence-electron chi connectivity index (χ2n) is 6.66. The average molecular weight is 342 g/mol. The van der Waals surface area contributed by atoms with Crippen LogP contribution < -0.4 is 10.1 Å². The van der Waals surface area contributed by atoms with Crippen LogP contribution >= 0.6 is 0 Å². The molecule has 2 heterocycles. The number of amides is 2. The summed E-state index contributed by atoms with van der Waals surface area (Å²) in [5.41, 5.74) is 5.32. The average Bonchev–Trinajstić information content (AvgIpc) is 3.19. The van der Waals surface area contributed by atoms with Gasteiger partial charge in [0, 0.05) is 24.3 Å². The topological polar surface area (TPSA) is 70.2 Å². The molecule has 1 aromatic heterocycles. The third kappa shape index (κ3) is 3.48. The fraction of sp³-hybridized carbons (Fsp3) is 0.474. The summed E-state index contributed by atoms with van der Waals surface area (Å²) in [4.78, 5) is 14.6. The molecule has 0 bridgehead atoms. The van der Waals surface area contributed by atoms with Crippen LogP contribution in [0.3, 0.4) is 0 Å². The third-order valence-electron chi connectivity index (χ3n) is 4.93. The highest BCUT2D eigenvalue weighted by Crippen LogP contribution is 2.34. The summed E-state index contributed by atoms with van der Waals surface area (Å²) in [5.74, 6) is 0.862. The Morgan fingerprint density at radius 3 is 2.84 bits per heavy atom. The van der Waals surface area contributed by atoms with Gasteiger partial charge in [0.1, 0.15) is 5.75 Å². The molecule has 2 amide bonds. The molecule has 0 saturated carbocycles. The van der Waals surface area contributed by atoms with Crippen molar-refractivity contribution in [2.45, 2.75) is 46.2 Å². The first kappa shape index (κ1) is 17.3. The van der Waals surface area contributed by atoms with Crippen molar-refractivity contribution in [1.29, 1.82) is 0 Å². The molecule has 0 spiro atoms. The van der Waals surface area contributed by atoms with Crippen molar-refractivity contribution in [1.82, 2.24) is 20.4 Å². The molecule has 3 rings (SSSR count). The van der Waals surface area contributed by atoms with Crippen molar-refractivity contribution >= 4 is 6.03 Å². The molecule has 0 unspecified atom stereocenters. The number of aryl methyl sites for hydroxylation is 3. The van der Waals surface area contributed by atoms with E-state index in [0.717, 1.165) is 53.2 Å². The SMILES string of the molecule is COc1ccc(CNC(=O)N2CCC[C@@H]2c2c(C)n[nH]c2C)cc1C.